The second kappa shape index (κ2) is 9.66. The molecule has 0 bridgehead atoms. The Labute approximate surface area is 187 Å². The summed E-state index contributed by atoms with van der Waals surface area (Å²) in [6.07, 6.45) is 6.31. The molecule has 0 aliphatic heterocycles. The van der Waals surface area contributed by atoms with E-state index < -0.39 is 15.8 Å². The molecular formula is C23H25ClN2O4S. The van der Waals surface area contributed by atoms with E-state index in [2.05, 4.69) is 12.0 Å². The summed E-state index contributed by atoms with van der Waals surface area (Å²) in [6.45, 7) is 2.16. The lowest BCUT2D eigenvalue weighted by Gasteiger charge is -2.18. The fourth-order valence-corrected chi connectivity index (χ4v) is 4.40. The van der Waals surface area contributed by atoms with Crippen LogP contribution in [0.2, 0.25) is 5.02 Å². The molecule has 1 heterocycles. The maximum atomic E-state index is 11.3. The Kier molecular flexibility index (Phi) is 7.18. The van der Waals surface area contributed by atoms with E-state index in [0.717, 1.165) is 29.7 Å². The second-order valence-corrected chi connectivity index (χ2v) is 10.1. The number of hydrogen-bond donors (Lipinski definition) is 1. The van der Waals surface area contributed by atoms with Gasteiger partial charge in [0.25, 0.3) is 0 Å². The van der Waals surface area contributed by atoms with Gasteiger partial charge in [-0.05, 0) is 66.1 Å². The van der Waals surface area contributed by atoms with Crippen molar-refractivity contribution >= 4 is 27.4 Å². The van der Waals surface area contributed by atoms with Crippen LogP contribution in [0.15, 0.2) is 59.6 Å². The third kappa shape index (κ3) is 5.95. The van der Waals surface area contributed by atoms with Gasteiger partial charge >= 0.3 is 5.97 Å². The highest BCUT2D eigenvalue weighted by atomic mass is 35.5. The fraction of sp³-hybridized carbons (Fsp3) is 0.304. The Bertz CT molecular complexity index is 1150. The van der Waals surface area contributed by atoms with Gasteiger partial charge in [-0.1, -0.05) is 42.8 Å². The van der Waals surface area contributed by atoms with Crippen LogP contribution in [0.25, 0.3) is 11.1 Å². The molecule has 2 aromatic carbocycles. The molecule has 0 radical (unpaired) electrons. The molecule has 8 heteroatoms. The van der Waals surface area contributed by atoms with Crippen molar-refractivity contribution in [2.24, 2.45) is 0 Å². The molecule has 3 aromatic rings. The predicted molar refractivity (Wildman–Crippen MR) is 121 cm³/mol. The zero-order valence-electron chi connectivity index (χ0n) is 17.5. The predicted octanol–water partition coefficient (Wildman–Crippen LogP) is 4.82. The maximum absolute atomic E-state index is 11.3. The van der Waals surface area contributed by atoms with Crippen LogP contribution in [0, 0.1) is 0 Å². The Balaban J connectivity index is 0.000000179. The van der Waals surface area contributed by atoms with Gasteiger partial charge in [0.2, 0.25) is 0 Å². The number of carboxylic acids is 1. The SMILES string of the molecule is CC1CCCc2c1cnn2CC(=O)O.CS(=O)(=O)c1ccc(-c2ccc(Cl)cc2)cc1. The molecule has 0 fully saturated rings. The number of halogens is 1. The lowest BCUT2D eigenvalue weighted by atomic mass is 9.89. The van der Waals surface area contributed by atoms with Crippen molar-refractivity contribution in [3.05, 3.63) is 71.0 Å². The maximum Gasteiger partial charge on any atom is 0.325 e. The van der Waals surface area contributed by atoms with Gasteiger partial charge in [0.05, 0.1) is 11.1 Å². The third-order valence-corrected chi connectivity index (χ3v) is 6.69. The zero-order valence-corrected chi connectivity index (χ0v) is 19.0. The second-order valence-electron chi connectivity index (χ2n) is 7.69. The molecule has 1 aliphatic carbocycles. The number of aliphatic carboxylic acids is 1. The van der Waals surface area contributed by atoms with E-state index in [0.29, 0.717) is 15.8 Å². The van der Waals surface area contributed by atoms with E-state index in [1.54, 1.807) is 41.1 Å². The molecule has 6 nitrogen and oxygen atoms in total. The number of hydrogen-bond acceptors (Lipinski definition) is 4. The van der Waals surface area contributed by atoms with Gasteiger partial charge in [-0.2, -0.15) is 5.10 Å². The van der Waals surface area contributed by atoms with Crippen molar-refractivity contribution in [1.29, 1.82) is 0 Å². The highest BCUT2D eigenvalue weighted by Gasteiger charge is 2.21. The average molecular weight is 461 g/mol. The molecule has 1 aliphatic rings. The van der Waals surface area contributed by atoms with Crippen LogP contribution in [0.1, 0.15) is 36.9 Å². The highest BCUT2D eigenvalue weighted by Crippen LogP contribution is 2.30. The van der Waals surface area contributed by atoms with Crippen molar-refractivity contribution in [2.75, 3.05) is 6.26 Å². The van der Waals surface area contributed by atoms with Crippen LogP contribution < -0.4 is 0 Å². The Hall–Kier alpha value is -2.64. The van der Waals surface area contributed by atoms with Crippen LogP contribution in [-0.2, 0) is 27.6 Å². The number of sulfone groups is 1. The van der Waals surface area contributed by atoms with Gasteiger partial charge in [0.15, 0.2) is 9.84 Å². The van der Waals surface area contributed by atoms with Gasteiger partial charge in [-0.25, -0.2) is 8.42 Å². The van der Waals surface area contributed by atoms with Crippen LogP contribution in [0.4, 0.5) is 0 Å². The highest BCUT2D eigenvalue weighted by molar-refractivity contribution is 7.90. The third-order valence-electron chi connectivity index (χ3n) is 5.31. The first kappa shape index (κ1) is 23.0. The van der Waals surface area contributed by atoms with E-state index in [-0.39, 0.29) is 6.54 Å². The Morgan fingerprint density at radius 2 is 1.71 bits per heavy atom. The van der Waals surface area contributed by atoms with E-state index >= 15 is 0 Å². The first-order valence-corrected chi connectivity index (χ1v) is 12.2. The van der Waals surface area contributed by atoms with Crippen LogP contribution in [0.3, 0.4) is 0 Å². The average Bonchev–Trinajstić information content (AvgIpc) is 3.12. The number of aromatic nitrogens is 2. The topological polar surface area (TPSA) is 89.3 Å². The van der Waals surface area contributed by atoms with E-state index in [9.17, 15) is 13.2 Å². The molecule has 0 amide bonds. The van der Waals surface area contributed by atoms with Crippen molar-refractivity contribution in [3.63, 3.8) is 0 Å². The quantitative estimate of drug-likeness (QED) is 0.603. The summed E-state index contributed by atoms with van der Waals surface area (Å²) in [4.78, 5) is 10.9. The molecule has 0 saturated carbocycles. The smallest absolute Gasteiger partial charge is 0.325 e. The molecule has 164 valence electrons. The summed E-state index contributed by atoms with van der Waals surface area (Å²) < 4.78 is 24.2. The van der Waals surface area contributed by atoms with Crippen molar-refractivity contribution in [2.45, 2.75) is 43.5 Å². The van der Waals surface area contributed by atoms with Crippen molar-refractivity contribution < 1.29 is 18.3 Å². The van der Waals surface area contributed by atoms with Gasteiger partial charge in [0, 0.05) is 17.0 Å². The molecule has 1 unspecified atom stereocenters. The molecule has 31 heavy (non-hydrogen) atoms. The number of fused-ring (bicyclic) bond motifs is 1. The summed E-state index contributed by atoms with van der Waals surface area (Å²) in [5.41, 5.74) is 4.33. The van der Waals surface area contributed by atoms with Gasteiger partial charge in [-0.3, -0.25) is 9.48 Å². The molecule has 4 rings (SSSR count). The number of rotatable bonds is 4. The molecule has 1 aromatic heterocycles. The monoisotopic (exact) mass is 460 g/mol. The first-order chi connectivity index (χ1) is 14.6. The molecule has 0 saturated heterocycles. The van der Waals surface area contributed by atoms with Crippen molar-refractivity contribution in [3.8, 4) is 11.1 Å². The van der Waals surface area contributed by atoms with Gasteiger partial charge < -0.3 is 5.11 Å². The summed E-state index contributed by atoms with van der Waals surface area (Å²) >= 11 is 5.80. The van der Waals surface area contributed by atoms with E-state index in [1.165, 1.54) is 18.2 Å². The minimum absolute atomic E-state index is 0.0119. The number of carboxylic acid groups (broad SMARTS) is 1. The van der Waals surface area contributed by atoms with Crippen LogP contribution >= 0.6 is 11.6 Å². The van der Waals surface area contributed by atoms with Crippen LogP contribution in [0.5, 0.6) is 0 Å². The molecule has 0 spiro atoms. The Morgan fingerprint density at radius 3 is 2.26 bits per heavy atom. The lowest BCUT2D eigenvalue weighted by Crippen LogP contribution is -2.16. The minimum Gasteiger partial charge on any atom is -0.480 e. The molecule has 1 N–H and O–H groups in total. The molecular weight excluding hydrogens is 436 g/mol. The standard InChI is InChI=1S/C13H11ClO2S.C10H14N2O2/c1-17(15,16)13-8-4-11(5-9-13)10-2-6-12(14)7-3-10;1-7-3-2-4-9-8(7)5-11-12(9)6-10(13)14/h2-9H,1H3;5,7H,2-4,6H2,1H3,(H,13,14). The summed E-state index contributed by atoms with van der Waals surface area (Å²) in [5, 5.41) is 13.5. The van der Waals surface area contributed by atoms with Gasteiger partial charge in [0.1, 0.15) is 6.54 Å². The largest absolute Gasteiger partial charge is 0.480 e. The van der Waals surface area contributed by atoms with E-state index in [1.807, 2.05) is 18.3 Å². The van der Waals surface area contributed by atoms with Crippen LogP contribution in [-0.4, -0.2) is 35.5 Å². The fourth-order valence-electron chi connectivity index (χ4n) is 3.64. The Morgan fingerprint density at radius 1 is 1.13 bits per heavy atom. The number of nitrogens with zero attached hydrogens (tertiary/aromatic N) is 2. The molecule has 1 atom stereocenters. The lowest BCUT2D eigenvalue weighted by molar-refractivity contribution is -0.137. The summed E-state index contributed by atoms with van der Waals surface area (Å²) in [6, 6.07) is 14.2. The van der Waals surface area contributed by atoms with Crippen molar-refractivity contribution in [1.82, 2.24) is 9.78 Å². The zero-order chi connectivity index (χ0) is 22.6. The normalized spacial score (nSPS) is 15.5. The number of benzene rings is 2. The summed E-state index contributed by atoms with van der Waals surface area (Å²) in [7, 11) is -3.13. The summed E-state index contributed by atoms with van der Waals surface area (Å²) in [5.74, 6) is -0.296. The minimum atomic E-state index is -3.13. The first-order valence-electron chi connectivity index (χ1n) is 9.97. The number of carbonyl (C=O) groups is 1. The van der Waals surface area contributed by atoms with Gasteiger partial charge in [-0.15, -0.1) is 0 Å². The van der Waals surface area contributed by atoms with E-state index in [4.69, 9.17) is 16.7 Å².